The van der Waals surface area contributed by atoms with Gasteiger partial charge in [-0.3, -0.25) is 53.5 Å². The van der Waals surface area contributed by atoms with Crippen LogP contribution in [0.3, 0.4) is 0 Å². The highest BCUT2D eigenvalue weighted by Crippen LogP contribution is 2.08. The summed E-state index contributed by atoms with van der Waals surface area (Å²) in [5.41, 5.74) is 0. The van der Waals surface area contributed by atoms with Gasteiger partial charge in [-0.15, -0.1) is 0 Å². The second kappa shape index (κ2) is 34.2. The van der Waals surface area contributed by atoms with Crippen molar-refractivity contribution in [2.45, 2.75) is 12.2 Å². The molecule has 2 atom stereocenters. The van der Waals surface area contributed by atoms with Crippen LogP contribution in [0.25, 0.3) is 0 Å². The number of carboxylic acids is 4. The highest BCUT2D eigenvalue weighted by atomic mass is 16.5. The van der Waals surface area contributed by atoms with Gasteiger partial charge in [0.2, 0.25) is 0 Å². The molecule has 0 aliphatic carbocycles. The van der Waals surface area contributed by atoms with Gasteiger partial charge in [0.05, 0.1) is 84.6 Å². The van der Waals surface area contributed by atoms with E-state index in [9.17, 15) is 69.6 Å². The summed E-state index contributed by atoms with van der Waals surface area (Å²) in [5, 5.41) is 89.8. The highest BCUT2D eigenvalue weighted by Gasteiger charge is 2.26. The van der Waals surface area contributed by atoms with Crippen molar-refractivity contribution >= 4 is 36.1 Å². The number of β-amino-alcohol motifs (C(OH)–C–C–N with tert-alkyl or cyclic N) is 2. The fourth-order valence-corrected chi connectivity index (χ4v) is 7.58. The van der Waals surface area contributed by atoms with E-state index in [0.29, 0.717) is 13.2 Å². The van der Waals surface area contributed by atoms with Crippen molar-refractivity contribution in [1.82, 2.24) is 44.1 Å². The number of aliphatic hydroxyl groups is 3. The fourth-order valence-electron chi connectivity index (χ4n) is 7.58. The predicted octanol–water partition coefficient (Wildman–Crippen LogP) is -4.81. The summed E-state index contributed by atoms with van der Waals surface area (Å²) in [6, 6.07) is 0. The molecular formula is C40H75N9O18. The highest BCUT2D eigenvalue weighted by molar-refractivity contribution is 5.70. The first-order chi connectivity index (χ1) is 31.9. The predicted molar refractivity (Wildman–Crippen MR) is 236 cm³/mol. The number of nitrogens with zero attached hydrogens (tertiary/aromatic N) is 9. The van der Waals surface area contributed by atoms with Crippen molar-refractivity contribution in [3.05, 3.63) is 0 Å². The molecule has 9 N–H and O–H groups in total. The minimum Gasteiger partial charge on any atom is -0.480 e. The SMILES string of the molecule is O=C(O)CN1CCN(CC(=O)O)CCN(CC(O)CN(CCOCCOCCOCCO)CC(O)CN2CCN(CC(=O)O)CCN(C(=O)O)CCN(C(=O)O)CC2)CCN(CC(=O)O)CC1. The molecule has 2 fully saturated rings. The fraction of sp³-hybridized carbons (Fsp3) is 0.850. The second-order valence-electron chi connectivity index (χ2n) is 16.4. The van der Waals surface area contributed by atoms with E-state index in [-0.39, 0.29) is 197 Å². The Kier molecular flexibility index (Phi) is 30.2. The molecule has 2 aliphatic heterocycles. The maximum Gasteiger partial charge on any atom is 0.407 e. The van der Waals surface area contributed by atoms with E-state index in [0.717, 1.165) is 9.80 Å². The number of amides is 2. The molecule has 2 unspecified atom stereocenters. The molecule has 0 bridgehead atoms. The molecular weight excluding hydrogens is 894 g/mol. The zero-order valence-corrected chi connectivity index (χ0v) is 38.5. The zero-order chi connectivity index (χ0) is 49.6. The first-order valence-corrected chi connectivity index (χ1v) is 22.5. The zero-order valence-electron chi connectivity index (χ0n) is 38.5. The smallest absolute Gasteiger partial charge is 0.407 e. The molecule has 2 rings (SSSR count). The molecule has 0 saturated carbocycles. The molecule has 0 aromatic heterocycles. The monoisotopic (exact) mass is 970 g/mol. The van der Waals surface area contributed by atoms with Crippen LogP contribution >= 0.6 is 0 Å². The summed E-state index contributed by atoms with van der Waals surface area (Å²) in [4.78, 5) is 85.0. The Balaban J connectivity index is 2.25. The van der Waals surface area contributed by atoms with Crippen molar-refractivity contribution in [3.8, 4) is 0 Å². The van der Waals surface area contributed by atoms with Crippen molar-refractivity contribution in [1.29, 1.82) is 0 Å². The summed E-state index contributed by atoms with van der Waals surface area (Å²) in [7, 11) is 0. The number of aliphatic hydroxyl groups excluding tert-OH is 3. The van der Waals surface area contributed by atoms with Gasteiger partial charge in [0.15, 0.2) is 0 Å². The summed E-state index contributed by atoms with van der Waals surface area (Å²) < 4.78 is 16.5. The molecule has 2 amide bonds. The van der Waals surface area contributed by atoms with Crippen LogP contribution in [0.2, 0.25) is 0 Å². The number of carbonyl (C=O) groups is 6. The van der Waals surface area contributed by atoms with Gasteiger partial charge in [-0.2, -0.15) is 0 Å². The quantitative estimate of drug-likeness (QED) is 0.0349. The number of aliphatic carboxylic acids is 4. The summed E-state index contributed by atoms with van der Waals surface area (Å²) in [6.45, 7) is 2.81. The minimum atomic E-state index is -1.26. The Hall–Kier alpha value is -4.10. The van der Waals surface area contributed by atoms with Gasteiger partial charge >= 0.3 is 36.1 Å². The first kappa shape index (κ1) is 59.0. The van der Waals surface area contributed by atoms with E-state index in [1.165, 1.54) is 0 Å². The van der Waals surface area contributed by atoms with Crippen LogP contribution < -0.4 is 0 Å². The summed E-state index contributed by atoms with van der Waals surface area (Å²) >= 11 is 0. The normalized spacial score (nSPS) is 19.2. The topological polar surface area (TPSA) is 341 Å². The number of hydrogen-bond acceptors (Lipinski definition) is 19. The molecule has 388 valence electrons. The largest absolute Gasteiger partial charge is 0.480 e. The molecule has 2 heterocycles. The third-order valence-electron chi connectivity index (χ3n) is 11.1. The average molecular weight is 970 g/mol. The lowest BCUT2D eigenvalue weighted by Crippen LogP contribution is -2.51. The Bertz CT molecular complexity index is 1430. The van der Waals surface area contributed by atoms with E-state index in [4.69, 9.17) is 19.3 Å². The van der Waals surface area contributed by atoms with Crippen LogP contribution in [-0.4, -0.2) is 348 Å². The molecule has 2 saturated heterocycles. The van der Waals surface area contributed by atoms with E-state index < -0.39 is 48.3 Å². The van der Waals surface area contributed by atoms with Gasteiger partial charge in [0.1, 0.15) is 0 Å². The first-order valence-electron chi connectivity index (χ1n) is 22.5. The molecule has 2 aliphatic rings. The van der Waals surface area contributed by atoms with Gasteiger partial charge in [-0.05, 0) is 0 Å². The van der Waals surface area contributed by atoms with Gasteiger partial charge in [-0.25, -0.2) is 9.59 Å². The van der Waals surface area contributed by atoms with E-state index in [2.05, 4.69) is 0 Å². The molecule has 67 heavy (non-hydrogen) atoms. The minimum absolute atomic E-state index is 0.0233. The van der Waals surface area contributed by atoms with E-state index >= 15 is 0 Å². The van der Waals surface area contributed by atoms with Gasteiger partial charge < -0.3 is 70.0 Å². The van der Waals surface area contributed by atoms with E-state index in [1.807, 2.05) is 9.80 Å². The Morgan fingerprint density at radius 1 is 0.403 bits per heavy atom. The van der Waals surface area contributed by atoms with Gasteiger partial charge in [-0.1, -0.05) is 0 Å². The van der Waals surface area contributed by atoms with Gasteiger partial charge in [0, 0.05) is 137 Å². The number of rotatable bonds is 27. The molecule has 0 aromatic rings. The second-order valence-corrected chi connectivity index (χ2v) is 16.4. The van der Waals surface area contributed by atoms with Crippen molar-refractivity contribution in [2.75, 3.05) is 210 Å². The third kappa shape index (κ3) is 28.7. The number of carboxylic acid groups (broad SMARTS) is 6. The summed E-state index contributed by atoms with van der Waals surface area (Å²) in [6.07, 6.45) is -4.60. The maximum atomic E-state index is 12.1. The van der Waals surface area contributed by atoms with Crippen LogP contribution in [0.4, 0.5) is 9.59 Å². The number of ether oxygens (including phenoxy) is 3. The van der Waals surface area contributed by atoms with Crippen molar-refractivity contribution in [3.63, 3.8) is 0 Å². The summed E-state index contributed by atoms with van der Waals surface area (Å²) in [5.74, 6) is -4.31. The molecule has 0 radical (unpaired) electrons. The van der Waals surface area contributed by atoms with Crippen LogP contribution in [0.1, 0.15) is 0 Å². The maximum absolute atomic E-state index is 12.1. The Labute approximate surface area is 390 Å². The lowest BCUT2D eigenvalue weighted by atomic mass is 10.2. The molecule has 0 aromatic carbocycles. The van der Waals surface area contributed by atoms with E-state index in [1.54, 1.807) is 24.5 Å². The third-order valence-corrected chi connectivity index (χ3v) is 11.1. The number of hydrogen-bond donors (Lipinski definition) is 9. The van der Waals surface area contributed by atoms with Crippen LogP contribution in [-0.2, 0) is 33.4 Å². The molecule has 27 nitrogen and oxygen atoms in total. The van der Waals surface area contributed by atoms with Crippen molar-refractivity contribution in [2.24, 2.45) is 0 Å². The lowest BCUT2D eigenvalue weighted by molar-refractivity contribution is -0.140. The average Bonchev–Trinajstić information content (AvgIpc) is 3.23. The van der Waals surface area contributed by atoms with Crippen molar-refractivity contribution < 1.29 is 88.9 Å². The van der Waals surface area contributed by atoms with Gasteiger partial charge in [0.25, 0.3) is 0 Å². The Morgan fingerprint density at radius 2 is 0.672 bits per heavy atom. The van der Waals surface area contributed by atoms with Crippen LogP contribution in [0, 0.1) is 0 Å². The van der Waals surface area contributed by atoms with Crippen LogP contribution in [0.15, 0.2) is 0 Å². The standard InChI is InChI=1S/C40H75N9O18/c50-18-20-66-22-24-67-23-21-65-19-17-47(28-34(52)26-42-3-6-46(32-38(59)60)12-14-49(40(63)64)16-15-48(13-11-42)39(61)62)27-33(51)25-41-1-4-43(29-35(53)54)7-9-45(31-37(57)58)10-8-44(5-2-41)30-36(55)56/h33-34,50-52H,1-32H2,(H,53,54)(H,55,56)(H,57,58)(H,59,60)(H,61,62)(H,63,64). The lowest BCUT2D eigenvalue weighted by Gasteiger charge is -2.35. The Morgan fingerprint density at radius 3 is 0.985 bits per heavy atom. The molecule has 0 spiro atoms. The molecule has 27 heteroatoms. The van der Waals surface area contributed by atoms with Crippen LogP contribution in [0.5, 0.6) is 0 Å².